The Morgan fingerprint density at radius 1 is 1.16 bits per heavy atom. The van der Waals surface area contributed by atoms with Gasteiger partial charge in [0.1, 0.15) is 5.69 Å². The van der Waals surface area contributed by atoms with E-state index >= 15 is 0 Å². The predicted molar refractivity (Wildman–Crippen MR) is 76.1 cm³/mol. The van der Waals surface area contributed by atoms with Crippen molar-refractivity contribution in [3.63, 3.8) is 0 Å². The molecule has 1 saturated carbocycles. The zero-order valence-corrected chi connectivity index (χ0v) is 12.4. The van der Waals surface area contributed by atoms with Crippen molar-refractivity contribution < 1.29 is 4.79 Å². The molecule has 2 aliphatic carbocycles. The van der Waals surface area contributed by atoms with Crippen LogP contribution in [0.4, 0.5) is 0 Å². The number of hydrogen-bond donors (Lipinski definition) is 0. The third-order valence-electron chi connectivity index (χ3n) is 4.34. The Labute approximate surface area is 123 Å². The number of nitrogens with zero attached hydrogens (tertiary/aromatic N) is 2. The number of rotatable bonds is 2. The summed E-state index contributed by atoms with van der Waals surface area (Å²) < 4.78 is 2.07. The topological polar surface area (TPSA) is 34.9 Å². The highest BCUT2D eigenvalue weighted by atomic mass is 35.5. The lowest BCUT2D eigenvalue weighted by Crippen LogP contribution is -2.18. The molecule has 0 saturated heterocycles. The maximum atomic E-state index is 11.6. The Bertz CT molecular complexity index is 492. The van der Waals surface area contributed by atoms with Gasteiger partial charge in [0, 0.05) is 11.3 Å². The van der Waals surface area contributed by atoms with Gasteiger partial charge in [0.15, 0.2) is 0 Å². The lowest BCUT2D eigenvalue weighted by Gasteiger charge is -2.26. The maximum absolute atomic E-state index is 11.6. The summed E-state index contributed by atoms with van der Waals surface area (Å²) in [5.41, 5.74) is 2.45. The van der Waals surface area contributed by atoms with Gasteiger partial charge in [0.25, 0.3) is 5.24 Å². The lowest BCUT2D eigenvalue weighted by molar-refractivity contribution is 0.107. The molecule has 0 N–H and O–H groups in total. The predicted octanol–water partition coefficient (Wildman–Crippen LogP) is 4.38. The normalized spacial score (nSPS) is 24.2. The van der Waals surface area contributed by atoms with Gasteiger partial charge in [0.05, 0.1) is 11.4 Å². The van der Waals surface area contributed by atoms with Crippen LogP contribution in [0.1, 0.15) is 78.1 Å². The molecule has 1 aromatic heterocycles. The molecule has 2 aliphatic rings. The van der Waals surface area contributed by atoms with Gasteiger partial charge in [-0.2, -0.15) is 5.10 Å². The van der Waals surface area contributed by atoms with Crippen LogP contribution in [0.3, 0.4) is 0 Å². The van der Waals surface area contributed by atoms with Crippen molar-refractivity contribution in [1.29, 1.82) is 0 Å². The quantitative estimate of drug-likeness (QED) is 0.600. The minimum absolute atomic E-state index is 0.112. The van der Waals surface area contributed by atoms with E-state index in [1.807, 2.05) is 0 Å². The van der Waals surface area contributed by atoms with E-state index in [2.05, 4.69) is 9.78 Å². The van der Waals surface area contributed by atoms with E-state index in [0.717, 1.165) is 43.4 Å². The van der Waals surface area contributed by atoms with Crippen LogP contribution in [0, 0.1) is 0 Å². The van der Waals surface area contributed by atoms with Crippen LogP contribution < -0.4 is 0 Å². The van der Waals surface area contributed by atoms with E-state index in [4.69, 9.17) is 23.2 Å². The Morgan fingerprint density at radius 2 is 1.89 bits per heavy atom. The van der Waals surface area contributed by atoms with E-state index in [1.54, 1.807) is 0 Å². The second-order valence-electron chi connectivity index (χ2n) is 5.58. The first kappa shape index (κ1) is 13.4. The first-order valence-electron chi connectivity index (χ1n) is 7.13. The number of fused-ring (bicyclic) bond motifs is 1. The summed E-state index contributed by atoms with van der Waals surface area (Å²) in [6.07, 6.45) is 9.03. The molecule has 1 fully saturated rings. The number of aromatic nitrogens is 2. The van der Waals surface area contributed by atoms with Gasteiger partial charge in [-0.1, -0.05) is 19.3 Å². The lowest BCUT2D eigenvalue weighted by atomic mass is 9.92. The smallest absolute Gasteiger partial charge is 0.273 e. The summed E-state index contributed by atoms with van der Waals surface area (Å²) in [6.45, 7) is 0. The van der Waals surface area contributed by atoms with Crippen molar-refractivity contribution in [1.82, 2.24) is 9.78 Å². The Hall–Kier alpha value is -0.540. The monoisotopic (exact) mass is 300 g/mol. The third kappa shape index (κ3) is 2.43. The average Bonchev–Trinajstić information content (AvgIpc) is 2.81. The van der Waals surface area contributed by atoms with Crippen LogP contribution in [0.25, 0.3) is 0 Å². The zero-order chi connectivity index (χ0) is 13.4. The standard InChI is InChI=1S/C14H18Cl2N2O/c15-10-7-4-8-11-12(10)13(14(16)19)17-18(11)9-5-2-1-3-6-9/h9-10H,1-8H2. The molecule has 0 radical (unpaired) electrons. The van der Waals surface area contributed by atoms with Crippen molar-refractivity contribution in [2.24, 2.45) is 0 Å². The van der Waals surface area contributed by atoms with Crippen LogP contribution >= 0.6 is 23.2 Å². The fourth-order valence-corrected chi connectivity index (χ4v) is 3.95. The number of carbonyl (C=O) groups excluding carboxylic acids is 1. The van der Waals surface area contributed by atoms with Crippen LogP contribution in [-0.4, -0.2) is 15.0 Å². The van der Waals surface area contributed by atoms with Crippen molar-refractivity contribution >= 4 is 28.4 Å². The molecule has 1 heterocycles. The van der Waals surface area contributed by atoms with E-state index in [0.29, 0.717) is 11.7 Å². The first-order valence-corrected chi connectivity index (χ1v) is 7.95. The molecule has 0 spiro atoms. The number of halogens is 2. The second-order valence-corrected chi connectivity index (χ2v) is 6.45. The minimum atomic E-state index is -0.474. The van der Waals surface area contributed by atoms with Crippen LogP contribution in [0.2, 0.25) is 0 Å². The van der Waals surface area contributed by atoms with Crippen LogP contribution in [-0.2, 0) is 6.42 Å². The average molecular weight is 301 g/mol. The molecule has 0 amide bonds. The van der Waals surface area contributed by atoms with Crippen molar-refractivity contribution in [2.75, 3.05) is 0 Å². The van der Waals surface area contributed by atoms with E-state index in [-0.39, 0.29) is 5.38 Å². The Balaban J connectivity index is 2.04. The number of alkyl halides is 1. The van der Waals surface area contributed by atoms with Gasteiger partial charge < -0.3 is 0 Å². The summed E-state index contributed by atoms with van der Waals surface area (Å²) in [5.74, 6) is 0. The molecular formula is C14H18Cl2N2O. The molecule has 0 bridgehead atoms. The Kier molecular flexibility index (Phi) is 3.86. The molecule has 104 valence electrons. The second kappa shape index (κ2) is 5.45. The highest BCUT2D eigenvalue weighted by molar-refractivity contribution is 6.67. The van der Waals surface area contributed by atoms with Gasteiger partial charge in [-0.05, 0) is 43.7 Å². The van der Waals surface area contributed by atoms with Crippen molar-refractivity contribution in [3.05, 3.63) is 17.0 Å². The molecule has 0 aliphatic heterocycles. The van der Waals surface area contributed by atoms with Crippen LogP contribution in [0.5, 0.6) is 0 Å². The van der Waals surface area contributed by atoms with Crippen molar-refractivity contribution in [2.45, 2.75) is 62.8 Å². The maximum Gasteiger partial charge on any atom is 0.273 e. The van der Waals surface area contributed by atoms with Gasteiger partial charge in [-0.25, -0.2) is 0 Å². The van der Waals surface area contributed by atoms with E-state index < -0.39 is 5.24 Å². The molecule has 3 nitrogen and oxygen atoms in total. The molecule has 19 heavy (non-hydrogen) atoms. The molecular weight excluding hydrogens is 283 g/mol. The van der Waals surface area contributed by atoms with Gasteiger partial charge in [0.2, 0.25) is 0 Å². The summed E-state index contributed by atoms with van der Waals surface area (Å²) in [4.78, 5) is 11.6. The van der Waals surface area contributed by atoms with Crippen LogP contribution in [0.15, 0.2) is 0 Å². The van der Waals surface area contributed by atoms with Gasteiger partial charge in [-0.15, -0.1) is 11.6 Å². The van der Waals surface area contributed by atoms with E-state index in [9.17, 15) is 4.79 Å². The molecule has 1 aromatic rings. The minimum Gasteiger partial charge on any atom is -0.274 e. The summed E-state index contributed by atoms with van der Waals surface area (Å²) in [7, 11) is 0. The molecule has 1 atom stereocenters. The fourth-order valence-electron chi connectivity index (χ4n) is 3.43. The third-order valence-corrected chi connectivity index (χ3v) is 4.96. The molecule has 3 rings (SSSR count). The summed E-state index contributed by atoms with van der Waals surface area (Å²) >= 11 is 12.1. The Morgan fingerprint density at radius 3 is 2.58 bits per heavy atom. The largest absolute Gasteiger partial charge is 0.274 e. The highest BCUT2D eigenvalue weighted by Crippen LogP contribution is 2.40. The summed E-state index contributed by atoms with van der Waals surface area (Å²) in [6, 6.07) is 0.425. The molecule has 5 heteroatoms. The first-order chi connectivity index (χ1) is 9.18. The summed E-state index contributed by atoms with van der Waals surface area (Å²) in [5, 5.41) is 3.93. The fraction of sp³-hybridized carbons (Fsp3) is 0.714. The number of carbonyl (C=O) groups is 1. The zero-order valence-electron chi connectivity index (χ0n) is 10.9. The molecule has 1 unspecified atom stereocenters. The van der Waals surface area contributed by atoms with Crippen molar-refractivity contribution in [3.8, 4) is 0 Å². The van der Waals surface area contributed by atoms with Gasteiger partial charge in [-0.3, -0.25) is 9.48 Å². The molecule has 0 aromatic carbocycles. The number of hydrogen-bond acceptors (Lipinski definition) is 2. The van der Waals surface area contributed by atoms with E-state index in [1.165, 1.54) is 19.3 Å². The van der Waals surface area contributed by atoms with Gasteiger partial charge >= 0.3 is 0 Å². The highest BCUT2D eigenvalue weighted by Gasteiger charge is 2.32. The SMILES string of the molecule is O=C(Cl)c1nn(C2CCCCC2)c2c1C(Cl)CCC2.